The predicted molar refractivity (Wildman–Crippen MR) is 282 cm³/mol. The summed E-state index contributed by atoms with van der Waals surface area (Å²) in [6.45, 7) is 6.20. The largest absolute Gasteiger partial charge is 0.458 e. The molecular weight excluding hydrogens is 803 g/mol. The first-order valence-corrected chi connectivity index (χ1v) is 26.3. The molecule has 368 valence electrons. The molecule has 6 nitrogen and oxygen atoms in total. The lowest BCUT2D eigenvalue weighted by atomic mass is 10.0. The average molecular weight is 900 g/mol. The smallest absolute Gasteiger partial charge is 0.306 e. The lowest BCUT2D eigenvalue weighted by Gasteiger charge is -2.23. The number of allylic oxidation sites excluding steroid dienone is 19. The maximum absolute atomic E-state index is 13.2. The van der Waals surface area contributed by atoms with Gasteiger partial charge >= 0.3 is 5.97 Å². The van der Waals surface area contributed by atoms with Gasteiger partial charge in [0.15, 0.2) is 0 Å². The molecule has 0 radical (unpaired) electrons. The molecule has 0 aromatic heterocycles. The van der Waals surface area contributed by atoms with Crippen molar-refractivity contribution in [3.63, 3.8) is 0 Å². The van der Waals surface area contributed by atoms with E-state index in [-0.39, 0.29) is 31.3 Å². The van der Waals surface area contributed by atoms with Gasteiger partial charge in [-0.3, -0.25) is 9.59 Å². The summed E-state index contributed by atoms with van der Waals surface area (Å²) in [5.41, 5.74) is 0. The number of nitrogens with one attached hydrogen (secondary N) is 1. The van der Waals surface area contributed by atoms with Gasteiger partial charge in [-0.25, -0.2) is 0 Å². The Morgan fingerprint density at radius 3 is 1.25 bits per heavy atom. The minimum atomic E-state index is -0.837. The van der Waals surface area contributed by atoms with Crippen molar-refractivity contribution in [3.05, 3.63) is 122 Å². The lowest BCUT2D eigenvalue weighted by molar-refractivity contribution is -0.148. The summed E-state index contributed by atoms with van der Waals surface area (Å²) < 4.78 is 5.79. The topological polar surface area (TPSA) is 95.9 Å². The van der Waals surface area contributed by atoms with Gasteiger partial charge in [-0.15, -0.1) is 0 Å². The Kier molecular flexibility index (Phi) is 48.3. The number of hydrogen-bond donors (Lipinski definition) is 3. The number of hydrogen-bond acceptors (Lipinski definition) is 5. The van der Waals surface area contributed by atoms with Crippen molar-refractivity contribution < 1.29 is 24.5 Å². The van der Waals surface area contributed by atoms with Crippen LogP contribution in [0.2, 0.25) is 0 Å². The van der Waals surface area contributed by atoms with Gasteiger partial charge in [0.05, 0.1) is 25.2 Å². The molecule has 0 heterocycles. The fourth-order valence-corrected chi connectivity index (χ4v) is 7.13. The third-order valence-corrected chi connectivity index (χ3v) is 11.0. The van der Waals surface area contributed by atoms with Crippen molar-refractivity contribution >= 4 is 11.9 Å². The van der Waals surface area contributed by atoms with Crippen molar-refractivity contribution in [1.82, 2.24) is 5.32 Å². The van der Waals surface area contributed by atoms with Crippen LogP contribution in [0.1, 0.15) is 213 Å². The third-order valence-electron chi connectivity index (χ3n) is 11.0. The van der Waals surface area contributed by atoms with E-state index in [1.807, 2.05) is 6.08 Å². The highest BCUT2D eigenvalue weighted by molar-refractivity contribution is 5.78. The van der Waals surface area contributed by atoms with Crippen molar-refractivity contribution in [2.24, 2.45) is 0 Å². The quantitative estimate of drug-likeness (QED) is 0.0321. The SMILES string of the molecule is CC/C=C\C/C=C\C/C=C\C/C=C\C/C=C\CCCC(=O)OC(/C=C/C/C=C/C/C=C/C/C=C/C/C=C/CC)CC(=O)NC(CO)C(O)CCCCCCCCCCCCCCCCC. The number of rotatable bonds is 45. The van der Waals surface area contributed by atoms with Crippen LogP contribution in [0.15, 0.2) is 122 Å². The Bertz CT molecular complexity index is 1380. The summed E-state index contributed by atoms with van der Waals surface area (Å²) in [7, 11) is 0. The van der Waals surface area contributed by atoms with Gasteiger partial charge in [-0.05, 0) is 89.5 Å². The Hall–Kier alpha value is -3.74. The van der Waals surface area contributed by atoms with Crippen molar-refractivity contribution in [1.29, 1.82) is 0 Å². The number of amides is 1. The Labute approximate surface area is 400 Å². The van der Waals surface area contributed by atoms with E-state index in [0.29, 0.717) is 19.3 Å². The second-order valence-electron chi connectivity index (χ2n) is 17.2. The molecule has 3 atom stereocenters. The molecule has 65 heavy (non-hydrogen) atoms. The van der Waals surface area contributed by atoms with Crippen molar-refractivity contribution in [2.45, 2.75) is 232 Å². The highest BCUT2D eigenvalue weighted by Gasteiger charge is 2.23. The molecule has 0 aromatic carbocycles. The highest BCUT2D eigenvalue weighted by atomic mass is 16.5. The minimum Gasteiger partial charge on any atom is -0.458 e. The Morgan fingerprint density at radius 2 is 0.846 bits per heavy atom. The molecular formula is C59H97NO5. The van der Waals surface area contributed by atoms with Crippen molar-refractivity contribution in [3.8, 4) is 0 Å². The highest BCUT2D eigenvalue weighted by Crippen LogP contribution is 2.15. The number of unbranched alkanes of at least 4 members (excludes halogenated alkanes) is 15. The number of esters is 1. The van der Waals surface area contributed by atoms with Crippen LogP contribution in [-0.4, -0.2) is 46.9 Å². The zero-order valence-electron chi connectivity index (χ0n) is 41.8. The maximum atomic E-state index is 13.2. The summed E-state index contributed by atoms with van der Waals surface area (Å²) in [5.74, 6) is -0.709. The van der Waals surface area contributed by atoms with Crippen LogP contribution in [0.5, 0.6) is 0 Å². The number of aliphatic hydroxyl groups is 2. The molecule has 0 saturated heterocycles. The molecule has 0 aliphatic rings. The second kappa shape index (κ2) is 51.2. The molecule has 0 rings (SSSR count). The van der Waals surface area contributed by atoms with Crippen LogP contribution in [0, 0.1) is 0 Å². The van der Waals surface area contributed by atoms with Gasteiger partial charge in [0.2, 0.25) is 5.91 Å². The Balaban J connectivity index is 4.81. The van der Waals surface area contributed by atoms with E-state index in [4.69, 9.17) is 4.74 Å². The molecule has 0 aromatic rings. The van der Waals surface area contributed by atoms with Gasteiger partial charge in [-0.2, -0.15) is 0 Å². The average Bonchev–Trinajstić information content (AvgIpc) is 3.30. The van der Waals surface area contributed by atoms with Crippen LogP contribution in [0.25, 0.3) is 0 Å². The fourth-order valence-electron chi connectivity index (χ4n) is 7.13. The number of carbonyl (C=O) groups is 2. The molecule has 0 fully saturated rings. The summed E-state index contributed by atoms with van der Waals surface area (Å²) in [5, 5.41) is 23.7. The van der Waals surface area contributed by atoms with Crippen LogP contribution < -0.4 is 5.32 Å². The van der Waals surface area contributed by atoms with Crippen LogP contribution in [0.3, 0.4) is 0 Å². The first-order valence-electron chi connectivity index (χ1n) is 26.3. The van der Waals surface area contributed by atoms with E-state index in [1.54, 1.807) is 6.08 Å². The molecule has 1 amide bonds. The molecule has 0 spiro atoms. The summed E-state index contributed by atoms with van der Waals surface area (Å²) >= 11 is 0. The van der Waals surface area contributed by atoms with E-state index in [0.717, 1.165) is 83.5 Å². The molecule has 3 unspecified atom stereocenters. The first kappa shape index (κ1) is 61.3. The van der Waals surface area contributed by atoms with Gasteiger partial charge in [0, 0.05) is 6.42 Å². The fraction of sp³-hybridized carbons (Fsp3) is 0.627. The summed E-state index contributed by atoms with van der Waals surface area (Å²) in [6.07, 6.45) is 71.5. The molecule has 0 saturated carbocycles. The molecule has 0 bridgehead atoms. The van der Waals surface area contributed by atoms with Crippen LogP contribution in [0.4, 0.5) is 0 Å². The number of ether oxygens (including phenoxy) is 1. The lowest BCUT2D eigenvalue weighted by Crippen LogP contribution is -2.46. The molecule has 0 aliphatic heterocycles. The van der Waals surface area contributed by atoms with Gasteiger partial charge in [0.25, 0.3) is 0 Å². The standard InChI is InChI=1S/C59H97NO5/c1-4-7-10-13-16-19-22-25-28-29-31-34-37-40-43-46-49-52-59(64)65-55(50-47-44-41-38-35-32-27-24-21-18-15-12-9-6-3)53-58(63)60-56(54-61)57(62)51-48-45-42-39-36-33-30-26-23-20-17-14-11-8-5-2/h7,9-10,12,16,18-19,21,25,27-28,31-32,34,38,40-41,43,47,50,55-57,61-62H,4-6,8,11,13-15,17,20,22-24,26,29-30,33,35-37,39,42,44-46,48-49,51-54H2,1-3H3,(H,60,63)/b10-7-,12-9+,19-16-,21-18+,28-25-,32-27+,34-31-,41-38+,43-40-,50-47+. The normalized spacial score (nSPS) is 14.2. The Morgan fingerprint density at radius 1 is 0.477 bits per heavy atom. The predicted octanol–water partition coefficient (Wildman–Crippen LogP) is 16.1. The van der Waals surface area contributed by atoms with E-state index in [1.165, 1.54) is 77.0 Å². The third kappa shape index (κ3) is 46.6. The molecule has 0 aliphatic carbocycles. The summed E-state index contributed by atoms with van der Waals surface area (Å²) in [4.78, 5) is 26.1. The van der Waals surface area contributed by atoms with Gasteiger partial charge < -0.3 is 20.3 Å². The van der Waals surface area contributed by atoms with E-state index in [9.17, 15) is 19.8 Å². The summed E-state index contributed by atoms with van der Waals surface area (Å²) in [6, 6.07) is -0.762. The monoisotopic (exact) mass is 900 g/mol. The maximum Gasteiger partial charge on any atom is 0.306 e. The number of carbonyl (C=O) groups excluding carboxylic acids is 2. The van der Waals surface area contributed by atoms with E-state index in [2.05, 4.69) is 135 Å². The van der Waals surface area contributed by atoms with E-state index < -0.39 is 18.2 Å². The minimum absolute atomic E-state index is 0.0760. The number of aliphatic hydroxyl groups excluding tert-OH is 2. The van der Waals surface area contributed by atoms with Gasteiger partial charge in [-0.1, -0.05) is 233 Å². The first-order chi connectivity index (χ1) is 32.0. The van der Waals surface area contributed by atoms with Gasteiger partial charge in [0.1, 0.15) is 6.10 Å². The van der Waals surface area contributed by atoms with Crippen LogP contribution in [-0.2, 0) is 14.3 Å². The second-order valence-corrected chi connectivity index (χ2v) is 17.2. The van der Waals surface area contributed by atoms with Crippen LogP contribution >= 0.6 is 0 Å². The molecule has 6 heteroatoms. The van der Waals surface area contributed by atoms with Crippen molar-refractivity contribution in [2.75, 3.05) is 6.61 Å². The zero-order valence-corrected chi connectivity index (χ0v) is 41.8. The zero-order chi connectivity index (χ0) is 47.4. The van der Waals surface area contributed by atoms with E-state index >= 15 is 0 Å². The molecule has 3 N–H and O–H groups in total.